The number of hydrogen-bond acceptors (Lipinski definition) is 6. The number of methoxy groups -OCH3 is 1. The van der Waals surface area contributed by atoms with Gasteiger partial charge in [-0.25, -0.2) is 4.98 Å². The molecule has 6 aromatic rings. The Hall–Kier alpha value is -4.73. The summed E-state index contributed by atoms with van der Waals surface area (Å²) in [6, 6.07) is 33.5. The lowest BCUT2D eigenvalue weighted by Crippen LogP contribution is -2.30. The zero-order chi connectivity index (χ0) is 27.8. The van der Waals surface area contributed by atoms with Crippen LogP contribution in [0.4, 0.5) is 5.69 Å². The van der Waals surface area contributed by atoms with E-state index in [2.05, 4.69) is 39.2 Å². The number of ether oxygens (including phenoxy) is 2. The zero-order valence-electron chi connectivity index (χ0n) is 22.0. The Morgan fingerprint density at radius 3 is 2.29 bits per heavy atom. The molecule has 0 radical (unpaired) electrons. The van der Waals surface area contributed by atoms with E-state index in [9.17, 15) is 0 Å². The highest BCUT2D eigenvalue weighted by atomic mass is 32.1. The molecule has 41 heavy (non-hydrogen) atoms. The van der Waals surface area contributed by atoms with Crippen molar-refractivity contribution in [3.8, 4) is 22.4 Å². The van der Waals surface area contributed by atoms with Crippen molar-refractivity contribution >= 4 is 44.6 Å². The van der Waals surface area contributed by atoms with Gasteiger partial charge in [-0.05, 0) is 97.1 Å². The number of anilines is 1. The predicted molar refractivity (Wildman–Crippen MR) is 166 cm³/mol. The molecule has 202 valence electrons. The first-order valence-corrected chi connectivity index (χ1v) is 14.4. The Kier molecular flexibility index (Phi) is 6.58. The summed E-state index contributed by atoms with van der Waals surface area (Å²) in [5.74, 6) is 2.25. The Balaban J connectivity index is 1.26. The van der Waals surface area contributed by atoms with Gasteiger partial charge in [0.2, 0.25) is 0 Å². The highest BCUT2D eigenvalue weighted by molar-refractivity contribution is 7.80. The molecule has 1 fully saturated rings. The largest absolute Gasteiger partial charge is 0.497 e. The normalized spacial score (nSPS) is 16.6. The van der Waals surface area contributed by atoms with Gasteiger partial charge in [-0.2, -0.15) is 0 Å². The minimum Gasteiger partial charge on any atom is -0.497 e. The van der Waals surface area contributed by atoms with E-state index in [1.807, 2.05) is 91.1 Å². The van der Waals surface area contributed by atoms with E-state index in [1.165, 1.54) is 0 Å². The van der Waals surface area contributed by atoms with E-state index in [0.717, 1.165) is 49.7 Å². The molecule has 7 rings (SSSR count). The lowest BCUT2D eigenvalue weighted by atomic mass is 10.0. The number of pyridine rings is 1. The van der Waals surface area contributed by atoms with Crippen LogP contribution in [0.1, 0.15) is 23.5 Å². The fraction of sp³-hybridized carbons (Fsp3) is 0.0938. The number of fused-ring (bicyclic) bond motifs is 1. The second-order valence-corrected chi connectivity index (χ2v) is 10.9. The summed E-state index contributed by atoms with van der Waals surface area (Å²) in [5.41, 5.74) is 3.91. The summed E-state index contributed by atoms with van der Waals surface area (Å²) in [4.78, 5) is 11.8. The molecule has 1 N–H and O–H groups in total. The first-order valence-electron chi connectivity index (χ1n) is 13.1. The molecule has 2 atom stereocenters. The summed E-state index contributed by atoms with van der Waals surface area (Å²) in [6.45, 7) is 0. The average Bonchev–Trinajstić information content (AvgIpc) is 3.75. The molecule has 1 aliphatic rings. The standard InChI is InChI=1S/C32H25N5O2S2/c1-38-22-15-17-24(18-16-22)39-23-13-11-21(12-14-23)37-30(29(35-31(37)40)26-8-4-5-19-33-26)27-9-6-20-36(27)32-34-25-7-2-3-10-28(25)41-32/h2-20,29-30H,1H3,(H,35,40)/t29-,30+/m1/s1. The van der Waals surface area contributed by atoms with Crippen molar-refractivity contribution < 1.29 is 9.47 Å². The predicted octanol–water partition coefficient (Wildman–Crippen LogP) is 7.46. The Morgan fingerprint density at radius 2 is 1.56 bits per heavy atom. The fourth-order valence-corrected chi connectivity index (χ4v) is 6.48. The van der Waals surface area contributed by atoms with Crippen molar-refractivity contribution in [3.63, 3.8) is 0 Å². The highest BCUT2D eigenvalue weighted by Crippen LogP contribution is 2.43. The number of aromatic nitrogens is 3. The molecule has 9 heteroatoms. The second-order valence-electron chi connectivity index (χ2n) is 9.54. The fourth-order valence-electron chi connectivity index (χ4n) is 5.16. The molecular formula is C32H25N5O2S2. The van der Waals surface area contributed by atoms with Gasteiger partial charge in [-0.15, -0.1) is 0 Å². The van der Waals surface area contributed by atoms with Crippen LogP contribution in [0.2, 0.25) is 0 Å². The van der Waals surface area contributed by atoms with Gasteiger partial charge in [0.05, 0.1) is 34.8 Å². The number of hydrogen-bond donors (Lipinski definition) is 1. The Morgan fingerprint density at radius 1 is 0.829 bits per heavy atom. The molecule has 3 aromatic heterocycles. The van der Waals surface area contributed by atoms with Crippen molar-refractivity contribution in [2.45, 2.75) is 12.1 Å². The topological polar surface area (TPSA) is 64.4 Å². The van der Waals surface area contributed by atoms with Gasteiger partial charge in [0.1, 0.15) is 23.3 Å². The van der Waals surface area contributed by atoms with Crippen LogP contribution in [0.3, 0.4) is 0 Å². The molecule has 0 saturated carbocycles. The average molecular weight is 576 g/mol. The Bertz CT molecular complexity index is 1780. The quantitative estimate of drug-likeness (QED) is 0.198. The third-order valence-corrected chi connectivity index (χ3v) is 8.43. The lowest BCUT2D eigenvalue weighted by molar-refractivity contribution is 0.413. The number of rotatable bonds is 7. The molecule has 1 aliphatic heterocycles. The van der Waals surface area contributed by atoms with Crippen LogP contribution in [0.25, 0.3) is 15.3 Å². The van der Waals surface area contributed by atoms with Crippen LogP contribution in [-0.2, 0) is 0 Å². The molecule has 0 amide bonds. The highest BCUT2D eigenvalue weighted by Gasteiger charge is 2.42. The molecule has 4 heterocycles. The third kappa shape index (κ3) is 4.79. The van der Waals surface area contributed by atoms with E-state index < -0.39 is 0 Å². The van der Waals surface area contributed by atoms with Crippen LogP contribution >= 0.6 is 23.6 Å². The maximum Gasteiger partial charge on any atom is 0.194 e. The van der Waals surface area contributed by atoms with E-state index in [4.69, 9.17) is 31.7 Å². The van der Waals surface area contributed by atoms with E-state index in [0.29, 0.717) is 5.11 Å². The first-order chi connectivity index (χ1) is 20.2. The summed E-state index contributed by atoms with van der Waals surface area (Å²) >= 11 is 7.61. The van der Waals surface area contributed by atoms with Crippen molar-refractivity contribution in [1.82, 2.24) is 19.9 Å². The van der Waals surface area contributed by atoms with E-state index in [-0.39, 0.29) is 12.1 Å². The molecular weight excluding hydrogens is 551 g/mol. The van der Waals surface area contributed by atoms with Crippen LogP contribution in [0, 0.1) is 0 Å². The van der Waals surface area contributed by atoms with Gasteiger partial charge in [-0.3, -0.25) is 9.55 Å². The van der Waals surface area contributed by atoms with Crippen LogP contribution in [0.5, 0.6) is 17.2 Å². The maximum absolute atomic E-state index is 6.07. The van der Waals surface area contributed by atoms with Gasteiger partial charge >= 0.3 is 0 Å². The van der Waals surface area contributed by atoms with Crippen LogP contribution in [-0.4, -0.2) is 26.8 Å². The van der Waals surface area contributed by atoms with Crippen LogP contribution in [0.15, 0.2) is 116 Å². The number of thiocarbonyl (C=S) groups is 1. The maximum atomic E-state index is 6.07. The van der Waals surface area contributed by atoms with Gasteiger partial charge in [0.15, 0.2) is 10.2 Å². The monoisotopic (exact) mass is 575 g/mol. The molecule has 0 spiro atoms. The SMILES string of the molecule is COc1ccc(Oc2ccc(N3C(=S)N[C@H](c4ccccn4)[C@@H]3c3cccn3-c3nc4ccccc4s3)cc2)cc1. The van der Waals surface area contributed by atoms with Gasteiger partial charge in [-0.1, -0.05) is 29.5 Å². The van der Waals surface area contributed by atoms with Gasteiger partial charge < -0.3 is 19.7 Å². The van der Waals surface area contributed by atoms with Gasteiger partial charge in [0, 0.05) is 18.1 Å². The molecule has 0 unspecified atom stereocenters. The molecule has 7 nitrogen and oxygen atoms in total. The lowest BCUT2D eigenvalue weighted by Gasteiger charge is -2.28. The number of para-hydroxylation sites is 1. The van der Waals surface area contributed by atoms with Gasteiger partial charge in [0.25, 0.3) is 0 Å². The minimum absolute atomic E-state index is 0.165. The zero-order valence-corrected chi connectivity index (χ0v) is 23.7. The first kappa shape index (κ1) is 25.3. The molecule has 3 aromatic carbocycles. The third-order valence-electron chi connectivity index (χ3n) is 7.08. The van der Waals surface area contributed by atoms with E-state index >= 15 is 0 Å². The number of thiazole rings is 1. The number of nitrogens with one attached hydrogen (secondary N) is 1. The van der Waals surface area contributed by atoms with Crippen molar-refractivity contribution in [1.29, 1.82) is 0 Å². The van der Waals surface area contributed by atoms with Crippen molar-refractivity contribution in [2.75, 3.05) is 12.0 Å². The van der Waals surface area contributed by atoms with Crippen molar-refractivity contribution in [2.24, 2.45) is 0 Å². The smallest absolute Gasteiger partial charge is 0.194 e. The van der Waals surface area contributed by atoms with Crippen LogP contribution < -0.4 is 19.7 Å². The summed E-state index contributed by atoms with van der Waals surface area (Å²) < 4.78 is 14.6. The van der Waals surface area contributed by atoms with Crippen molar-refractivity contribution in [3.05, 3.63) is 127 Å². The number of nitrogens with zero attached hydrogens (tertiary/aromatic N) is 4. The second kappa shape index (κ2) is 10.7. The molecule has 0 aliphatic carbocycles. The molecule has 0 bridgehead atoms. The molecule has 1 saturated heterocycles. The number of benzene rings is 3. The van der Waals surface area contributed by atoms with E-state index in [1.54, 1.807) is 18.4 Å². The Labute approximate surface area is 246 Å². The summed E-state index contributed by atoms with van der Waals surface area (Å²) in [6.07, 6.45) is 3.88. The summed E-state index contributed by atoms with van der Waals surface area (Å²) in [7, 11) is 1.65. The minimum atomic E-state index is -0.173. The summed E-state index contributed by atoms with van der Waals surface area (Å²) in [5, 5.41) is 5.09.